The van der Waals surface area contributed by atoms with Gasteiger partial charge in [-0.25, -0.2) is 9.97 Å². The molecular formula is C21H27N7. The first-order valence-electron chi connectivity index (χ1n) is 10.0. The highest BCUT2D eigenvalue weighted by molar-refractivity contribution is 5.49. The van der Waals surface area contributed by atoms with Crippen LogP contribution in [0.2, 0.25) is 0 Å². The lowest BCUT2D eigenvalue weighted by Gasteiger charge is -2.44. The molecule has 0 amide bonds. The van der Waals surface area contributed by atoms with Crippen LogP contribution in [0.4, 0.5) is 5.82 Å². The van der Waals surface area contributed by atoms with Crippen LogP contribution in [0.25, 0.3) is 0 Å². The summed E-state index contributed by atoms with van der Waals surface area (Å²) in [5.74, 6) is 0.710. The Morgan fingerprint density at radius 2 is 1.82 bits per heavy atom. The van der Waals surface area contributed by atoms with E-state index in [0.717, 1.165) is 58.7 Å². The molecule has 4 heterocycles. The highest BCUT2D eigenvalue weighted by atomic mass is 15.3. The van der Waals surface area contributed by atoms with Gasteiger partial charge in [0.05, 0.1) is 0 Å². The van der Waals surface area contributed by atoms with Crippen molar-refractivity contribution >= 4 is 5.82 Å². The summed E-state index contributed by atoms with van der Waals surface area (Å²) in [6, 6.07) is 6.56. The van der Waals surface area contributed by atoms with E-state index >= 15 is 0 Å². The summed E-state index contributed by atoms with van der Waals surface area (Å²) in [5, 5.41) is 12.8. The van der Waals surface area contributed by atoms with Crippen molar-refractivity contribution in [2.45, 2.75) is 25.2 Å². The van der Waals surface area contributed by atoms with Crippen molar-refractivity contribution in [3.05, 3.63) is 47.7 Å². The molecule has 7 heteroatoms. The third-order valence-electron chi connectivity index (χ3n) is 6.00. The number of aromatic nitrogens is 3. The number of piperazine rings is 1. The van der Waals surface area contributed by atoms with Crippen LogP contribution < -0.4 is 10.2 Å². The molecule has 2 aliphatic rings. The maximum Gasteiger partial charge on any atom is 0.183 e. The highest BCUT2D eigenvalue weighted by Gasteiger charge is 2.37. The molecule has 0 spiro atoms. The number of pyridine rings is 1. The lowest BCUT2D eigenvalue weighted by Crippen LogP contribution is -2.54. The van der Waals surface area contributed by atoms with E-state index < -0.39 is 0 Å². The van der Waals surface area contributed by atoms with Crippen LogP contribution in [0.15, 0.2) is 30.7 Å². The molecule has 0 bridgehead atoms. The molecule has 0 atom stereocenters. The first kappa shape index (κ1) is 18.8. The fourth-order valence-electron chi connectivity index (χ4n) is 4.37. The standard InChI is InChI=1S/C21H27N7/c1-17-2-3-19(26-15-17)21(4-6-23-7-5-21)16-27-10-12-28(13-11-27)20-18(14-22)24-8-9-25-20/h2-3,8-9,15,23H,4-7,10-13,16H2,1H3. The smallest absolute Gasteiger partial charge is 0.183 e. The number of nitrogens with one attached hydrogen (secondary N) is 1. The Bertz CT molecular complexity index is 829. The second-order valence-corrected chi connectivity index (χ2v) is 7.85. The predicted molar refractivity (Wildman–Crippen MR) is 108 cm³/mol. The lowest BCUT2D eigenvalue weighted by atomic mass is 9.75. The van der Waals surface area contributed by atoms with Crippen LogP contribution >= 0.6 is 0 Å². The van der Waals surface area contributed by atoms with Crippen LogP contribution in [0.1, 0.15) is 29.8 Å². The topological polar surface area (TPSA) is 81.0 Å². The summed E-state index contributed by atoms with van der Waals surface area (Å²) in [6.07, 6.45) is 7.47. The summed E-state index contributed by atoms with van der Waals surface area (Å²) in [4.78, 5) is 18.1. The van der Waals surface area contributed by atoms with Gasteiger partial charge in [-0.15, -0.1) is 0 Å². The number of rotatable bonds is 4. The molecule has 0 unspecified atom stereocenters. The van der Waals surface area contributed by atoms with Gasteiger partial charge >= 0.3 is 0 Å². The monoisotopic (exact) mass is 377 g/mol. The van der Waals surface area contributed by atoms with E-state index in [4.69, 9.17) is 4.98 Å². The Kier molecular flexibility index (Phi) is 5.51. The van der Waals surface area contributed by atoms with Gasteiger partial charge in [0, 0.05) is 62.4 Å². The van der Waals surface area contributed by atoms with Crippen molar-refractivity contribution < 1.29 is 0 Å². The minimum Gasteiger partial charge on any atom is -0.352 e. The summed E-state index contributed by atoms with van der Waals surface area (Å²) in [6.45, 7) is 8.86. The number of nitrogens with zero attached hydrogens (tertiary/aromatic N) is 6. The lowest BCUT2D eigenvalue weighted by molar-refractivity contribution is 0.163. The Hall–Kier alpha value is -2.56. The number of piperidine rings is 1. The summed E-state index contributed by atoms with van der Waals surface area (Å²) < 4.78 is 0. The van der Waals surface area contributed by atoms with Gasteiger partial charge in [-0.1, -0.05) is 6.07 Å². The maximum atomic E-state index is 9.29. The van der Waals surface area contributed by atoms with E-state index in [0.29, 0.717) is 11.5 Å². The number of anilines is 1. The molecule has 28 heavy (non-hydrogen) atoms. The predicted octanol–water partition coefficient (Wildman–Crippen LogP) is 1.50. The van der Waals surface area contributed by atoms with Gasteiger partial charge in [-0.05, 0) is 44.5 Å². The normalized spacial score (nSPS) is 19.9. The van der Waals surface area contributed by atoms with Crippen molar-refractivity contribution in [1.82, 2.24) is 25.2 Å². The van der Waals surface area contributed by atoms with Gasteiger partial charge in [0.1, 0.15) is 6.07 Å². The summed E-state index contributed by atoms with van der Waals surface area (Å²) in [5.41, 5.74) is 2.96. The maximum absolute atomic E-state index is 9.29. The van der Waals surface area contributed by atoms with E-state index in [1.807, 2.05) is 6.20 Å². The molecule has 2 aliphatic heterocycles. The minimum absolute atomic E-state index is 0.117. The fraction of sp³-hybridized carbons (Fsp3) is 0.524. The number of aryl methyl sites for hydroxylation is 1. The molecule has 4 rings (SSSR count). The van der Waals surface area contributed by atoms with E-state index in [9.17, 15) is 5.26 Å². The van der Waals surface area contributed by atoms with Crippen LogP contribution in [-0.2, 0) is 5.41 Å². The van der Waals surface area contributed by atoms with Crippen LogP contribution in [0.5, 0.6) is 0 Å². The van der Waals surface area contributed by atoms with E-state index in [1.54, 1.807) is 12.4 Å². The van der Waals surface area contributed by atoms with E-state index in [-0.39, 0.29) is 5.41 Å². The van der Waals surface area contributed by atoms with Gasteiger partial charge in [0.15, 0.2) is 11.5 Å². The first-order chi connectivity index (χ1) is 13.7. The van der Waals surface area contributed by atoms with Crippen LogP contribution in [0, 0.1) is 18.3 Å². The SMILES string of the molecule is Cc1ccc(C2(CN3CCN(c4nccnc4C#N)CC3)CCNCC2)nc1. The van der Waals surface area contributed by atoms with Gasteiger partial charge in [0.25, 0.3) is 0 Å². The molecule has 146 valence electrons. The van der Waals surface area contributed by atoms with Crippen molar-refractivity contribution in [2.24, 2.45) is 0 Å². The third-order valence-corrected chi connectivity index (χ3v) is 6.00. The molecular weight excluding hydrogens is 350 g/mol. The zero-order valence-electron chi connectivity index (χ0n) is 16.4. The second-order valence-electron chi connectivity index (χ2n) is 7.85. The Labute approximate surface area is 166 Å². The van der Waals surface area contributed by atoms with Crippen LogP contribution in [0.3, 0.4) is 0 Å². The molecule has 2 aromatic heterocycles. The quantitative estimate of drug-likeness (QED) is 0.865. The number of hydrogen-bond donors (Lipinski definition) is 1. The molecule has 0 radical (unpaired) electrons. The molecule has 0 aromatic carbocycles. The highest BCUT2D eigenvalue weighted by Crippen LogP contribution is 2.34. The summed E-state index contributed by atoms with van der Waals surface area (Å²) >= 11 is 0. The van der Waals surface area contributed by atoms with Crippen molar-refractivity contribution in [3.63, 3.8) is 0 Å². The van der Waals surface area contributed by atoms with Gasteiger partial charge in [0.2, 0.25) is 0 Å². The van der Waals surface area contributed by atoms with Crippen LogP contribution in [-0.4, -0.2) is 65.7 Å². The summed E-state index contributed by atoms with van der Waals surface area (Å²) in [7, 11) is 0. The largest absolute Gasteiger partial charge is 0.352 e. The van der Waals surface area contributed by atoms with Gasteiger partial charge < -0.3 is 10.2 Å². The number of nitriles is 1. The third kappa shape index (κ3) is 3.84. The molecule has 0 saturated carbocycles. The molecule has 2 saturated heterocycles. The minimum atomic E-state index is 0.117. The molecule has 1 N–H and O–H groups in total. The average molecular weight is 377 g/mol. The fourth-order valence-corrected chi connectivity index (χ4v) is 4.37. The molecule has 0 aliphatic carbocycles. The average Bonchev–Trinajstić information content (AvgIpc) is 2.75. The van der Waals surface area contributed by atoms with Crippen molar-refractivity contribution in [1.29, 1.82) is 5.26 Å². The zero-order chi connectivity index (χ0) is 19.4. The Morgan fingerprint density at radius 3 is 2.50 bits per heavy atom. The van der Waals surface area contributed by atoms with Gasteiger partial charge in [-0.2, -0.15) is 5.26 Å². The Morgan fingerprint density at radius 1 is 1.07 bits per heavy atom. The zero-order valence-corrected chi connectivity index (χ0v) is 16.4. The molecule has 7 nitrogen and oxygen atoms in total. The van der Waals surface area contributed by atoms with E-state index in [1.165, 1.54) is 11.3 Å². The van der Waals surface area contributed by atoms with Crippen molar-refractivity contribution in [3.8, 4) is 6.07 Å². The number of hydrogen-bond acceptors (Lipinski definition) is 7. The Balaban J connectivity index is 1.46. The first-order valence-corrected chi connectivity index (χ1v) is 10.0. The second kappa shape index (κ2) is 8.21. The van der Waals surface area contributed by atoms with Crippen molar-refractivity contribution in [2.75, 3.05) is 50.7 Å². The van der Waals surface area contributed by atoms with Gasteiger partial charge in [-0.3, -0.25) is 9.88 Å². The van der Waals surface area contributed by atoms with E-state index in [2.05, 4.69) is 50.2 Å². The molecule has 2 fully saturated rings. The molecule has 2 aromatic rings.